The first-order chi connectivity index (χ1) is 31.0. The molecule has 3 aliphatic carbocycles. The molecular formula is C48H59F2N9O5. The van der Waals surface area contributed by atoms with Gasteiger partial charge in [-0.05, 0) is 132 Å². The van der Waals surface area contributed by atoms with Crippen LogP contribution in [-0.2, 0) is 29.6 Å². The topological polar surface area (TPSA) is 153 Å². The highest BCUT2D eigenvalue weighted by Crippen LogP contribution is 2.37. The Morgan fingerprint density at radius 3 is 2.48 bits per heavy atom. The number of pyridine rings is 1. The Balaban J connectivity index is 0.721. The van der Waals surface area contributed by atoms with E-state index in [0.717, 1.165) is 119 Å². The van der Waals surface area contributed by atoms with Crippen LogP contribution in [0.15, 0.2) is 58.2 Å². The van der Waals surface area contributed by atoms with Crippen LogP contribution >= 0.6 is 0 Å². The highest BCUT2D eigenvalue weighted by Gasteiger charge is 2.33. The SMILES string of the molecule is CN(CCC1CCN(Cc2cccc3c2n(C)c(=O)n3C2CCC(=O)CC2=O)CC1)CC1CCC(n2cc(NC(=O)c3coc(-c4ccnc(CCC5CC5)c4)n3)c(C(F)F)n2)CC1. The smallest absolute Gasteiger partial charge is 0.329 e. The maximum atomic E-state index is 14.2. The number of piperidine rings is 1. The summed E-state index contributed by atoms with van der Waals surface area (Å²) in [6.45, 7) is 4.69. The van der Waals surface area contributed by atoms with E-state index in [-0.39, 0.29) is 47.0 Å². The quantitative estimate of drug-likeness (QED) is 0.0967. The molecule has 4 aliphatic rings. The summed E-state index contributed by atoms with van der Waals surface area (Å²) in [5.41, 5.74) is 3.66. The molecule has 0 radical (unpaired) electrons. The zero-order valence-electron chi connectivity index (χ0n) is 36.9. The molecule has 1 aromatic carbocycles. The first kappa shape index (κ1) is 43.9. The number of para-hydroxylation sites is 1. The van der Waals surface area contributed by atoms with Crippen LogP contribution in [0.2, 0.25) is 0 Å². The Bertz CT molecular complexity index is 2540. The van der Waals surface area contributed by atoms with Crippen LogP contribution in [-0.4, -0.2) is 89.4 Å². The number of carbonyl (C=O) groups is 3. The van der Waals surface area contributed by atoms with E-state index >= 15 is 0 Å². The number of carbonyl (C=O) groups excluding carboxylic acids is 3. The van der Waals surface area contributed by atoms with E-state index in [4.69, 9.17) is 4.42 Å². The predicted molar refractivity (Wildman–Crippen MR) is 237 cm³/mol. The molecule has 4 aromatic heterocycles. The molecule has 3 saturated carbocycles. The van der Waals surface area contributed by atoms with Crippen molar-refractivity contribution in [2.75, 3.05) is 38.5 Å². The number of Topliss-reactive ketones (excluding diaryl/α,β-unsaturated/α-hetero) is 2. The van der Waals surface area contributed by atoms with Gasteiger partial charge < -0.3 is 14.6 Å². The molecule has 14 nitrogen and oxygen atoms in total. The van der Waals surface area contributed by atoms with Gasteiger partial charge in [-0.3, -0.25) is 38.1 Å². The standard InChI is InChI=1S/C48H59F2N9O5/c1-55(21-17-31-18-22-57(23-19-31)27-34-4-3-5-41-44(34)56(2)48(63)59(41)40-15-14-37(60)25-42(40)61)26-32-9-12-36(13-10-32)58-28-38(43(54-58)45(49)50)52-46(62)39-29-64-47(53-39)33-16-20-51-35(24-33)11-8-30-6-7-30/h3-5,16,20,24,28-32,36,40,45H,6-15,17-19,21-23,25-27H2,1-2H3,(H,52,62). The first-order valence-electron chi connectivity index (χ1n) is 23.2. The van der Waals surface area contributed by atoms with Crippen molar-refractivity contribution in [2.24, 2.45) is 24.8 Å². The van der Waals surface area contributed by atoms with Crippen molar-refractivity contribution in [1.82, 2.24) is 38.7 Å². The molecule has 1 N–H and O–H groups in total. The van der Waals surface area contributed by atoms with Crippen molar-refractivity contribution >= 4 is 34.2 Å². The summed E-state index contributed by atoms with van der Waals surface area (Å²) in [6.07, 6.45) is 13.7. The zero-order valence-corrected chi connectivity index (χ0v) is 36.9. The lowest BCUT2D eigenvalue weighted by Crippen LogP contribution is -2.35. The molecule has 1 atom stereocenters. The Labute approximate surface area is 371 Å². The van der Waals surface area contributed by atoms with Crippen LogP contribution < -0.4 is 11.0 Å². The second-order valence-corrected chi connectivity index (χ2v) is 18.9. The average molecular weight is 880 g/mol. The minimum Gasteiger partial charge on any atom is -0.444 e. The molecule has 64 heavy (non-hydrogen) atoms. The molecule has 9 rings (SSSR count). The fraction of sp³-hybridized carbons (Fsp3) is 0.562. The molecule has 1 aliphatic heterocycles. The Kier molecular flexibility index (Phi) is 13.0. The minimum absolute atomic E-state index is 0.00233. The number of alkyl halides is 2. The lowest BCUT2D eigenvalue weighted by Gasteiger charge is -2.34. The number of nitrogens with one attached hydrogen (secondary N) is 1. The van der Waals surface area contributed by atoms with Crippen LogP contribution in [0.3, 0.4) is 0 Å². The maximum Gasteiger partial charge on any atom is 0.329 e. The highest BCUT2D eigenvalue weighted by atomic mass is 19.3. The summed E-state index contributed by atoms with van der Waals surface area (Å²) < 4.78 is 38.9. The van der Waals surface area contributed by atoms with E-state index < -0.39 is 24.1 Å². The number of hydrogen-bond acceptors (Lipinski definition) is 10. The highest BCUT2D eigenvalue weighted by molar-refractivity contribution is 6.04. The Morgan fingerprint density at radius 2 is 1.73 bits per heavy atom. The van der Waals surface area contributed by atoms with Gasteiger partial charge in [0.25, 0.3) is 12.3 Å². The third-order valence-electron chi connectivity index (χ3n) is 14.2. The van der Waals surface area contributed by atoms with Crippen molar-refractivity contribution in [3.05, 3.63) is 82.1 Å². The third kappa shape index (κ3) is 9.82. The molecule has 1 amide bonds. The van der Waals surface area contributed by atoms with E-state index in [1.165, 1.54) is 25.3 Å². The second-order valence-electron chi connectivity index (χ2n) is 18.9. The molecule has 0 bridgehead atoms. The molecule has 0 spiro atoms. The predicted octanol–water partition coefficient (Wildman–Crippen LogP) is 7.95. The number of fused-ring (bicyclic) bond motifs is 1. The van der Waals surface area contributed by atoms with Gasteiger partial charge in [-0.15, -0.1) is 0 Å². The molecule has 1 unspecified atom stereocenters. The number of likely N-dealkylation sites (tertiary alicyclic amines) is 1. The Hall–Kier alpha value is -5.35. The van der Waals surface area contributed by atoms with E-state index in [1.54, 1.807) is 33.1 Å². The number of ketones is 2. The number of amides is 1. The van der Waals surface area contributed by atoms with E-state index in [0.29, 0.717) is 30.2 Å². The number of imidazole rings is 1. The van der Waals surface area contributed by atoms with Crippen LogP contribution in [0.25, 0.3) is 22.5 Å². The second kappa shape index (κ2) is 19.0. The van der Waals surface area contributed by atoms with Gasteiger partial charge in [0.1, 0.15) is 12.0 Å². The number of benzene rings is 1. The van der Waals surface area contributed by atoms with E-state index in [1.807, 2.05) is 18.2 Å². The van der Waals surface area contributed by atoms with Crippen LogP contribution in [0.4, 0.5) is 14.5 Å². The summed E-state index contributed by atoms with van der Waals surface area (Å²) in [6, 6.07) is 9.02. The van der Waals surface area contributed by atoms with Gasteiger partial charge in [0.05, 0.1) is 35.2 Å². The van der Waals surface area contributed by atoms with Crippen molar-refractivity contribution in [1.29, 1.82) is 0 Å². The summed E-state index contributed by atoms with van der Waals surface area (Å²) in [5.74, 6) is 1.33. The van der Waals surface area contributed by atoms with Gasteiger partial charge in [0.15, 0.2) is 17.2 Å². The number of hydrogen-bond donors (Lipinski definition) is 1. The van der Waals surface area contributed by atoms with E-state index in [9.17, 15) is 28.0 Å². The van der Waals surface area contributed by atoms with Crippen LogP contribution in [0.5, 0.6) is 0 Å². The number of halogens is 2. The maximum absolute atomic E-state index is 14.2. The summed E-state index contributed by atoms with van der Waals surface area (Å²) in [7, 11) is 3.96. The third-order valence-corrected chi connectivity index (χ3v) is 14.2. The minimum atomic E-state index is -2.85. The lowest BCUT2D eigenvalue weighted by atomic mass is 9.85. The number of rotatable bonds is 16. The molecule has 5 heterocycles. The van der Waals surface area contributed by atoms with Crippen LogP contribution in [0.1, 0.15) is 129 Å². The van der Waals surface area contributed by atoms with Gasteiger partial charge in [0, 0.05) is 50.2 Å². The number of oxazole rings is 1. The molecule has 16 heteroatoms. The molecule has 340 valence electrons. The number of aryl methyl sites for hydroxylation is 2. The summed E-state index contributed by atoms with van der Waals surface area (Å²) in [5, 5.41) is 6.89. The van der Waals surface area contributed by atoms with Gasteiger partial charge in [-0.2, -0.15) is 5.10 Å². The number of anilines is 1. The molecule has 5 aromatic rings. The molecule has 1 saturated heterocycles. The van der Waals surface area contributed by atoms with Crippen molar-refractivity contribution < 1.29 is 27.6 Å². The zero-order chi connectivity index (χ0) is 44.5. The number of nitrogens with zero attached hydrogens (tertiary/aromatic N) is 8. The summed E-state index contributed by atoms with van der Waals surface area (Å²) >= 11 is 0. The summed E-state index contributed by atoms with van der Waals surface area (Å²) in [4.78, 5) is 65.0. The number of aromatic nitrogens is 6. The van der Waals surface area contributed by atoms with Gasteiger partial charge in [-0.1, -0.05) is 25.0 Å². The van der Waals surface area contributed by atoms with Gasteiger partial charge in [0.2, 0.25) is 5.89 Å². The first-order valence-corrected chi connectivity index (χ1v) is 23.2. The molecule has 4 fully saturated rings. The van der Waals surface area contributed by atoms with Crippen LogP contribution in [0, 0.1) is 17.8 Å². The fourth-order valence-electron chi connectivity index (χ4n) is 10.3. The van der Waals surface area contributed by atoms with Crippen molar-refractivity contribution in [3.63, 3.8) is 0 Å². The van der Waals surface area contributed by atoms with E-state index in [2.05, 4.69) is 43.3 Å². The largest absolute Gasteiger partial charge is 0.444 e. The normalized spacial score (nSPS) is 21.4. The van der Waals surface area contributed by atoms with Gasteiger partial charge >= 0.3 is 5.69 Å². The molecular weight excluding hydrogens is 821 g/mol. The Morgan fingerprint density at radius 1 is 0.969 bits per heavy atom. The van der Waals surface area contributed by atoms with Gasteiger partial charge in [-0.25, -0.2) is 18.6 Å². The fourth-order valence-corrected chi connectivity index (χ4v) is 10.3. The lowest BCUT2D eigenvalue weighted by molar-refractivity contribution is -0.132. The monoisotopic (exact) mass is 879 g/mol. The average Bonchev–Trinajstić information content (AvgIpc) is 3.69. The van der Waals surface area contributed by atoms with Crippen molar-refractivity contribution in [2.45, 2.75) is 115 Å². The van der Waals surface area contributed by atoms with Crippen molar-refractivity contribution in [3.8, 4) is 11.5 Å².